The first-order chi connectivity index (χ1) is 8.73. The van der Waals surface area contributed by atoms with Crippen LogP contribution in [0.25, 0.3) is 0 Å². The third-order valence-electron chi connectivity index (χ3n) is 3.25. The molecule has 1 saturated heterocycles. The van der Waals surface area contributed by atoms with Crippen LogP contribution in [0.5, 0.6) is 0 Å². The van der Waals surface area contributed by atoms with Gasteiger partial charge in [-0.1, -0.05) is 0 Å². The average Bonchev–Trinajstić information content (AvgIpc) is 2.21. The Morgan fingerprint density at radius 3 is 2.63 bits per heavy atom. The molecular formula is C14H29N3O2. The lowest BCUT2D eigenvalue weighted by atomic mass is 10.0. The first kappa shape index (κ1) is 16.4. The van der Waals surface area contributed by atoms with Gasteiger partial charge in [-0.05, 0) is 34.6 Å². The maximum absolute atomic E-state index is 11.9. The molecule has 112 valence electrons. The monoisotopic (exact) mass is 271 g/mol. The Bertz CT molecular complexity index is 305. The summed E-state index contributed by atoms with van der Waals surface area (Å²) >= 11 is 0. The SMILES string of the molecule is CC(C)NC(=O)CC(CN)N1CC(C)OC(C)(C)C1. The summed E-state index contributed by atoms with van der Waals surface area (Å²) in [5.74, 6) is 0.0717. The Balaban J connectivity index is 2.61. The minimum Gasteiger partial charge on any atom is -0.370 e. The molecule has 0 aromatic rings. The standard InChI is InChI=1S/C14H29N3O2/c1-10(2)16-13(18)6-12(7-15)17-8-11(3)19-14(4,5)9-17/h10-12H,6-9,15H2,1-5H3,(H,16,18). The van der Waals surface area contributed by atoms with Crippen LogP contribution in [0.4, 0.5) is 0 Å². The van der Waals surface area contributed by atoms with Crippen LogP contribution in [-0.2, 0) is 9.53 Å². The number of morpholine rings is 1. The van der Waals surface area contributed by atoms with Crippen molar-refractivity contribution in [2.24, 2.45) is 5.73 Å². The van der Waals surface area contributed by atoms with Crippen LogP contribution in [0.2, 0.25) is 0 Å². The van der Waals surface area contributed by atoms with Crippen LogP contribution in [-0.4, -0.2) is 54.2 Å². The van der Waals surface area contributed by atoms with Crippen molar-refractivity contribution in [3.05, 3.63) is 0 Å². The number of hydrogen-bond acceptors (Lipinski definition) is 4. The van der Waals surface area contributed by atoms with Crippen molar-refractivity contribution < 1.29 is 9.53 Å². The average molecular weight is 271 g/mol. The van der Waals surface area contributed by atoms with Crippen molar-refractivity contribution in [2.45, 2.75) is 64.8 Å². The van der Waals surface area contributed by atoms with E-state index < -0.39 is 0 Å². The molecule has 19 heavy (non-hydrogen) atoms. The molecule has 0 aliphatic carbocycles. The van der Waals surface area contributed by atoms with Gasteiger partial charge in [0.15, 0.2) is 0 Å². The summed E-state index contributed by atoms with van der Waals surface area (Å²) in [7, 11) is 0. The lowest BCUT2D eigenvalue weighted by molar-refractivity contribution is -0.141. The van der Waals surface area contributed by atoms with E-state index in [-0.39, 0.29) is 29.7 Å². The first-order valence-corrected chi connectivity index (χ1v) is 7.15. The van der Waals surface area contributed by atoms with E-state index in [9.17, 15) is 4.79 Å². The zero-order valence-electron chi connectivity index (χ0n) is 12.9. The highest BCUT2D eigenvalue weighted by atomic mass is 16.5. The minimum absolute atomic E-state index is 0.0717. The van der Waals surface area contributed by atoms with Crippen molar-refractivity contribution in [2.75, 3.05) is 19.6 Å². The van der Waals surface area contributed by atoms with Gasteiger partial charge in [0.2, 0.25) is 5.91 Å². The maximum Gasteiger partial charge on any atom is 0.221 e. The molecule has 0 radical (unpaired) electrons. The van der Waals surface area contributed by atoms with Crippen molar-refractivity contribution in [3.8, 4) is 0 Å². The highest BCUT2D eigenvalue weighted by molar-refractivity contribution is 5.76. The van der Waals surface area contributed by atoms with Crippen LogP contribution in [0.1, 0.15) is 41.0 Å². The van der Waals surface area contributed by atoms with Crippen molar-refractivity contribution in [1.29, 1.82) is 0 Å². The van der Waals surface area contributed by atoms with Gasteiger partial charge < -0.3 is 15.8 Å². The molecule has 1 fully saturated rings. The van der Waals surface area contributed by atoms with Crippen molar-refractivity contribution in [1.82, 2.24) is 10.2 Å². The number of nitrogens with two attached hydrogens (primary N) is 1. The lowest BCUT2D eigenvalue weighted by Gasteiger charge is -2.44. The van der Waals surface area contributed by atoms with Crippen molar-refractivity contribution in [3.63, 3.8) is 0 Å². The Morgan fingerprint density at radius 2 is 2.16 bits per heavy atom. The van der Waals surface area contributed by atoms with Crippen LogP contribution in [0.3, 0.4) is 0 Å². The van der Waals surface area contributed by atoms with Crippen LogP contribution in [0, 0.1) is 0 Å². The lowest BCUT2D eigenvalue weighted by Crippen LogP contribution is -2.57. The third-order valence-corrected chi connectivity index (χ3v) is 3.25. The number of rotatable bonds is 5. The Morgan fingerprint density at radius 1 is 1.53 bits per heavy atom. The van der Waals surface area contributed by atoms with E-state index in [0.29, 0.717) is 13.0 Å². The molecule has 0 saturated carbocycles. The molecular weight excluding hydrogens is 242 g/mol. The van der Waals surface area contributed by atoms with Gasteiger partial charge in [0.1, 0.15) is 0 Å². The summed E-state index contributed by atoms with van der Waals surface area (Å²) in [5, 5.41) is 2.93. The molecule has 1 heterocycles. The summed E-state index contributed by atoms with van der Waals surface area (Å²) in [6.45, 7) is 12.3. The van der Waals surface area contributed by atoms with E-state index in [1.807, 2.05) is 13.8 Å². The van der Waals surface area contributed by atoms with Gasteiger partial charge in [0.25, 0.3) is 0 Å². The molecule has 1 rings (SSSR count). The van der Waals surface area contributed by atoms with Gasteiger partial charge in [-0.25, -0.2) is 0 Å². The topological polar surface area (TPSA) is 67.6 Å². The van der Waals surface area contributed by atoms with Gasteiger partial charge in [0, 0.05) is 38.1 Å². The predicted molar refractivity (Wildman–Crippen MR) is 76.9 cm³/mol. The van der Waals surface area contributed by atoms with E-state index in [1.165, 1.54) is 0 Å². The van der Waals surface area contributed by atoms with Crippen molar-refractivity contribution >= 4 is 5.91 Å². The summed E-state index contributed by atoms with van der Waals surface area (Å²) in [6, 6.07) is 0.260. The van der Waals surface area contributed by atoms with E-state index in [1.54, 1.807) is 0 Å². The summed E-state index contributed by atoms with van der Waals surface area (Å²) in [4.78, 5) is 14.2. The minimum atomic E-state index is -0.181. The highest BCUT2D eigenvalue weighted by Crippen LogP contribution is 2.23. The normalized spacial score (nSPS) is 25.3. The fourth-order valence-electron chi connectivity index (χ4n) is 2.74. The molecule has 1 aliphatic heterocycles. The number of ether oxygens (including phenoxy) is 1. The molecule has 5 nitrogen and oxygen atoms in total. The van der Waals surface area contributed by atoms with Crippen LogP contribution < -0.4 is 11.1 Å². The molecule has 0 spiro atoms. The Labute approximate surface area is 116 Å². The van der Waals surface area contributed by atoms with Gasteiger partial charge in [-0.15, -0.1) is 0 Å². The fourth-order valence-corrected chi connectivity index (χ4v) is 2.74. The second-order valence-corrected chi connectivity index (χ2v) is 6.43. The van der Waals surface area contributed by atoms with Gasteiger partial charge >= 0.3 is 0 Å². The quantitative estimate of drug-likeness (QED) is 0.773. The fraction of sp³-hybridized carbons (Fsp3) is 0.929. The molecule has 2 unspecified atom stereocenters. The molecule has 0 aromatic heterocycles. The number of nitrogens with zero attached hydrogens (tertiary/aromatic N) is 1. The van der Waals surface area contributed by atoms with E-state index in [4.69, 9.17) is 10.5 Å². The molecule has 1 aliphatic rings. The molecule has 0 aromatic carbocycles. The Kier molecular flexibility index (Phi) is 5.77. The van der Waals surface area contributed by atoms with Crippen LogP contribution in [0.15, 0.2) is 0 Å². The number of hydrogen-bond donors (Lipinski definition) is 2. The maximum atomic E-state index is 11.9. The number of nitrogens with one attached hydrogen (secondary N) is 1. The molecule has 0 bridgehead atoms. The van der Waals surface area contributed by atoms with Gasteiger partial charge in [-0.3, -0.25) is 9.69 Å². The summed E-state index contributed by atoms with van der Waals surface area (Å²) < 4.78 is 5.89. The molecule has 1 amide bonds. The number of carbonyl (C=O) groups excluding carboxylic acids is 1. The molecule has 5 heteroatoms. The Hall–Kier alpha value is -0.650. The summed E-state index contributed by atoms with van der Waals surface area (Å²) in [6.07, 6.45) is 0.628. The second-order valence-electron chi connectivity index (χ2n) is 6.43. The zero-order chi connectivity index (χ0) is 14.6. The highest BCUT2D eigenvalue weighted by Gasteiger charge is 2.34. The summed E-state index contributed by atoms with van der Waals surface area (Å²) in [5.41, 5.74) is 5.67. The smallest absolute Gasteiger partial charge is 0.221 e. The van der Waals surface area contributed by atoms with Crippen LogP contribution >= 0.6 is 0 Å². The predicted octanol–water partition coefficient (Wildman–Crippen LogP) is 0.728. The largest absolute Gasteiger partial charge is 0.370 e. The van der Waals surface area contributed by atoms with Gasteiger partial charge in [0.05, 0.1) is 11.7 Å². The van der Waals surface area contributed by atoms with E-state index in [2.05, 4.69) is 31.0 Å². The second kappa shape index (κ2) is 6.68. The van der Waals surface area contributed by atoms with Gasteiger partial charge in [-0.2, -0.15) is 0 Å². The zero-order valence-corrected chi connectivity index (χ0v) is 12.9. The van der Waals surface area contributed by atoms with E-state index in [0.717, 1.165) is 13.1 Å². The molecule has 3 N–H and O–H groups in total. The first-order valence-electron chi connectivity index (χ1n) is 7.15. The van der Waals surface area contributed by atoms with E-state index >= 15 is 0 Å². The third kappa shape index (κ3) is 5.47. The number of carbonyl (C=O) groups is 1. The number of amides is 1. The molecule has 2 atom stereocenters.